The van der Waals surface area contributed by atoms with Crippen LogP contribution >= 0.6 is 15.9 Å². The van der Waals surface area contributed by atoms with Crippen LogP contribution in [0.4, 0.5) is 0 Å². The zero-order chi connectivity index (χ0) is 14.5. The summed E-state index contributed by atoms with van der Waals surface area (Å²) in [5, 5.41) is 0.666. The number of sulfonamides is 1. The number of halogens is 1. The van der Waals surface area contributed by atoms with Crippen molar-refractivity contribution < 1.29 is 13.2 Å². The van der Waals surface area contributed by atoms with Gasteiger partial charge in [0.2, 0.25) is 16.3 Å². The molecule has 0 unspecified atom stereocenters. The van der Waals surface area contributed by atoms with E-state index in [0.29, 0.717) is 11.8 Å². The van der Waals surface area contributed by atoms with E-state index in [0.717, 1.165) is 5.56 Å². The molecule has 105 valence electrons. The maximum atomic E-state index is 12.1. The summed E-state index contributed by atoms with van der Waals surface area (Å²) < 4.78 is 26.5. The highest BCUT2D eigenvalue weighted by atomic mass is 79.9. The molecular weight excluding hydrogens is 330 g/mol. The van der Waals surface area contributed by atoms with Crippen molar-refractivity contribution in [1.29, 1.82) is 0 Å². The molecule has 0 aromatic heterocycles. The second kappa shape index (κ2) is 7.17. The molecule has 1 rings (SSSR count). The molecule has 0 aliphatic heterocycles. The van der Waals surface area contributed by atoms with E-state index in [1.807, 2.05) is 13.8 Å². The highest BCUT2D eigenvalue weighted by Gasteiger charge is 2.20. The van der Waals surface area contributed by atoms with Crippen LogP contribution in [0.3, 0.4) is 0 Å². The number of hydrogen-bond acceptors (Lipinski definition) is 3. The minimum atomic E-state index is -3.67. The number of nitrogens with one attached hydrogen (secondary N) is 1. The monoisotopic (exact) mass is 346 g/mol. The van der Waals surface area contributed by atoms with Gasteiger partial charge in [0.05, 0.1) is 10.9 Å². The number of rotatable bonds is 7. The Balaban J connectivity index is 2.87. The molecule has 0 spiro atoms. The maximum absolute atomic E-state index is 12.1. The Hall–Kier alpha value is -0.720. The van der Waals surface area contributed by atoms with Gasteiger partial charge in [0.15, 0.2) is 0 Å². The zero-order valence-corrected chi connectivity index (χ0v) is 13.3. The maximum Gasteiger partial charge on any atom is 0.241 e. The molecule has 1 atom stereocenters. The first-order valence-corrected chi connectivity index (χ1v) is 8.54. The first-order valence-electron chi connectivity index (χ1n) is 5.94. The lowest BCUT2D eigenvalue weighted by Crippen LogP contribution is -2.36. The Morgan fingerprint density at radius 3 is 2.26 bits per heavy atom. The summed E-state index contributed by atoms with van der Waals surface area (Å²) in [7, 11) is -3.67. The molecule has 0 bridgehead atoms. The van der Waals surface area contributed by atoms with E-state index in [9.17, 15) is 13.2 Å². The molecule has 0 heterocycles. The summed E-state index contributed by atoms with van der Waals surface area (Å²) in [5.41, 5.74) is 0.986. The van der Waals surface area contributed by atoms with Gasteiger partial charge in [-0.05, 0) is 30.0 Å². The van der Waals surface area contributed by atoms with Crippen molar-refractivity contribution in [3.63, 3.8) is 0 Å². The SMILES string of the molecule is CC(C)C[C@@H]([C]=O)NS(=O)(=O)c1ccc(CBr)cc1. The fourth-order valence-electron chi connectivity index (χ4n) is 1.60. The van der Waals surface area contributed by atoms with E-state index in [1.54, 1.807) is 18.4 Å². The van der Waals surface area contributed by atoms with Gasteiger partial charge in [0.25, 0.3) is 0 Å². The summed E-state index contributed by atoms with van der Waals surface area (Å²) in [6, 6.07) is 5.70. The van der Waals surface area contributed by atoms with E-state index in [-0.39, 0.29) is 10.8 Å². The molecule has 19 heavy (non-hydrogen) atoms. The smallest absolute Gasteiger partial charge is 0.241 e. The predicted molar refractivity (Wildman–Crippen MR) is 78.3 cm³/mol. The molecule has 1 aromatic carbocycles. The van der Waals surface area contributed by atoms with Crippen LogP contribution < -0.4 is 4.72 Å². The minimum Gasteiger partial charge on any atom is -0.289 e. The van der Waals surface area contributed by atoms with Crippen LogP contribution in [-0.2, 0) is 20.1 Å². The van der Waals surface area contributed by atoms with Gasteiger partial charge in [0.1, 0.15) is 0 Å². The molecule has 6 heteroatoms. The second-order valence-electron chi connectivity index (χ2n) is 4.70. The molecule has 1 aromatic rings. The number of hydrogen-bond donors (Lipinski definition) is 1. The Morgan fingerprint density at radius 2 is 1.84 bits per heavy atom. The molecule has 0 aliphatic carbocycles. The van der Waals surface area contributed by atoms with Gasteiger partial charge in [-0.15, -0.1) is 0 Å². The van der Waals surface area contributed by atoms with Crippen LogP contribution in [0.5, 0.6) is 0 Å². The largest absolute Gasteiger partial charge is 0.289 e. The third kappa shape index (κ3) is 5.04. The number of carbonyl (C=O) groups excluding carboxylic acids is 1. The lowest BCUT2D eigenvalue weighted by molar-refractivity contribution is 0.483. The van der Waals surface area contributed by atoms with E-state index >= 15 is 0 Å². The molecule has 0 aliphatic rings. The van der Waals surface area contributed by atoms with E-state index < -0.39 is 16.1 Å². The third-order valence-electron chi connectivity index (χ3n) is 2.53. The average molecular weight is 347 g/mol. The number of alkyl halides is 1. The summed E-state index contributed by atoms with van der Waals surface area (Å²) in [6.45, 7) is 3.84. The van der Waals surface area contributed by atoms with Crippen molar-refractivity contribution >= 4 is 32.2 Å². The van der Waals surface area contributed by atoms with Crippen molar-refractivity contribution in [2.24, 2.45) is 5.92 Å². The summed E-state index contributed by atoms with van der Waals surface area (Å²) in [5.74, 6) is 0.213. The van der Waals surface area contributed by atoms with Gasteiger partial charge in [-0.25, -0.2) is 13.1 Å². The summed E-state index contributed by atoms with van der Waals surface area (Å²) >= 11 is 3.29. The molecule has 0 saturated heterocycles. The first kappa shape index (κ1) is 16.3. The standard InChI is InChI=1S/C13H17BrNO3S/c1-10(2)7-12(9-16)15-19(17,18)13-5-3-11(8-14)4-6-13/h3-6,10,12,15H,7-8H2,1-2H3/t12-/m0/s1. The van der Waals surface area contributed by atoms with Crippen molar-refractivity contribution in [2.45, 2.75) is 36.5 Å². The van der Waals surface area contributed by atoms with Gasteiger partial charge < -0.3 is 0 Å². The van der Waals surface area contributed by atoms with E-state index in [2.05, 4.69) is 20.7 Å². The van der Waals surface area contributed by atoms with Gasteiger partial charge >= 0.3 is 0 Å². The van der Waals surface area contributed by atoms with Crippen LogP contribution in [0.25, 0.3) is 0 Å². The quantitative estimate of drug-likeness (QED) is 0.771. The highest BCUT2D eigenvalue weighted by molar-refractivity contribution is 9.08. The lowest BCUT2D eigenvalue weighted by atomic mass is 10.1. The molecule has 0 saturated carbocycles. The van der Waals surface area contributed by atoms with Crippen molar-refractivity contribution in [2.75, 3.05) is 0 Å². The Kier molecular flexibility index (Phi) is 6.16. The minimum absolute atomic E-state index is 0.154. The Bertz CT molecular complexity index is 511. The molecule has 0 amide bonds. The summed E-state index contributed by atoms with van der Waals surface area (Å²) in [6.07, 6.45) is 2.17. The fraction of sp³-hybridized carbons (Fsp3) is 0.462. The normalized spacial score (nSPS) is 13.5. The van der Waals surface area contributed by atoms with Crippen LogP contribution in [0.2, 0.25) is 0 Å². The van der Waals surface area contributed by atoms with E-state index in [4.69, 9.17) is 0 Å². The second-order valence-corrected chi connectivity index (χ2v) is 6.97. The first-order chi connectivity index (χ1) is 8.89. The predicted octanol–water partition coefficient (Wildman–Crippen LogP) is 2.38. The third-order valence-corrected chi connectivity index (χ3v) is 4.67. The van der Waals surface area contributed by atoms with Crippen LogP contribution in [0.1, 0.15) is 25.8 Å². The molecule has 4 nitrogen and oxygen atoms in total. The molecule has 1 radical (unpaired) electrons. The van der Waals surface area contributed by atoms with Gasteiger partial charge in [-0.1, -0.05) is 41.9 Å². The van der Waals surface area contributed by atoms with Crippen LogP contribution in [0.15, 0.2) is 29.2 Å². The Morgan fingerprint density at radius 1 is 1.26 bits per heavy atom. The van der Waals surface area contributed by atoms with Crippen molar-refractivity contribution in [3.05, 3.63) is 29.8 Å². The summed E-state index contributed by atoms with van der Waals surface area (Å²) in [4.78, 5) is 10.9. The molecule has 1 N–H and O–H groups in total. The Labute approximate surface area is 122 Å². The fourth-order valence-corrected chi connectivity index (χ4v) is 3.13. The van der Waals surface area contributed by atoms with Crippen molar-refractivity contribution in [1.82, 2.24) is 4.72 Å². The zero-order valence-electron chi connectivity index (χ0n) is 10.9. The number of benzene rings is 1. The van der Waals surface area contributed by atoms with E-state index in [1.165, 1.54) is 12.1 Å². The molecular formula is C13H17BrNO3S. The highest BCUT2D eigenvalue weighted by Crippen LogP contribution is 2.14. The topological polar surface area (TPSA) is 63.2 Å². The van der Waals surface area contributed by atoms with Gasteiger partial charge in [0, 0.05) is 5.33 Å². The lowest BCUT2D eigenvalue weighted by Gasteiger charge is -2.14. The van der Waals surface area contributed by atoms with Crippen molar-refractivity contribution in [3.8, 4) is 0 Å². The van der Waals surface area contributed by atoms with Gasteiger partial charge in [-0.3, -0.25) is 4.79 Å². The average Bonchev–Trinajstić information content (AvgIpc) is 2.37. The van der Waals surface area contributed by atoms with Gasteiger partial charge in [-0.2, -0.15) is 0 Å². The van der Waals surface area contributed by atoms with Crippen LogP contribution in [0, 0.1) is 5.92 Å². The molecule has 0 fully saturated rings. The van der Waals surface area contributed by atoms with Crippen LogP contribution in [-0.4, -0.2) is 20.7 Å².